The Morgan fingerprint density at radius 2 is 1.90 bits per heavy atom. The number of piperazine rings is 1. The molecule has 1 heterocycles. The average Bonchev–Trinajstić information content (AvgIpc) is 2.48. The molecule has 0 bridgehead atoms. The standard InChI is InChI=1S/C16H24ClN3S/c1-13(2)11-18-16(21)20-9-7-19(8-10-20)12-14-5-3-4-6-15(14)17/h3-6,13H,7-12H2,1-2H3,(H,18,21). The second kappa shape index (κ2) is 7.97. The number of nitrogens with zero attached hydrogens (tertiary/aromatic N) is 2. The van der Waals surface area contributed by atoms with Crippen LogP contribution in [0.2, 0.25) is 5.02 Å². The molecular formula is C16H24ClN3S. The summed E-state index contributed by atoms with van der Waals surface area (Å²) in [6, 6.07) is 8.08. The first-order chi connectivity index (χ1) is 10.1. The van der Waals surface area contributed by atoms with Crippen molar-refractivity contribution in [2.45, 2.75) is 20.4 Å². The Morgan fingerprint density at radius 1 is 1.24 bits per heavy atom. The highest BCUT2D eigenvalue weighted by molar-refractivity contribution is 7.80. The molecule has 1 aromatic carbocycles. The van der Waals surface area contributed by atoms with Crippen LogP contribution >= 0.6 is 23.8 Å². The zero-order chi connectivity index (χ0) is 15.2. The Hall–Kier alpha value is -0.840. The zero-order valence-corrected chi connectivity index (χ0v) is 14.4. The van der Waals surface area contributed by atoms with Crippen LogP contribution in [-0.2, 0) is 6.54 Å². The van der Waals surface area contributed by atoms with Gasteiger partial charge < -0.3 is 10.2 Å². The van der Waals surface area contributed by atoms with Gasteiger partial charge in [-0.1, -0.05) is 43.6 Å². The van der Waals surface area contributed by atoms with Gasteiger partial charge in [0.1, 0.15) is 0 Å². The number of benzene rings is 1. The number of rotatable bonds is 4. The summed E-state index contributed by atoms with van der Waals surface area (Å²) >= 11 is 11.7. The van der Waals surface area contributed by atoms with Crippen molar-refractivity contribution >= 4 is 28.9 Å². The van der Waals surface area contributed by atoms with Gasteiger partial charge in [0.15, 0.2) is 5.11 Å². The van der Waals surface area contributed by atoms with E-state index in [4.69, 9.17) is 23.8 Å². The molecule has 3 nitrogen and oxygen atoms in total. The average molecular weight is 326 g/mol. The molecule has 21 heavy (non-hydrogen) atoms. The molecule has 1 aromatic rings. The molecule has 1 saturated heterocycles. The van der Waals surface area contributed by atoms with Crippen LogP contribution in [0.5, 0.6) is 0 Å². The van der Waals surface area contributed by atoms with Crippen LogP contribution in [0.3, 0.4) is 0 Å². The molecule has 0 aromatic heterocycles. The number of hydrogen-bond acceptors (Lipinski definition) is 2. The van der Waals surface area contributed by atoms with E-state index in [1.165, 1.54) is 5.56 Å². The summed E-state index contributed by atoms with van der Waals surface area (Å²) in [6.45, 7) is 10.2. The summed E-state index contributed by atoms with van der Waals surface area (Å²) in [5.41, 5.74) is 1.20. The van der Waals surface area contributed by atoms with Crippen LogP contribution in [0.1, 0.15) is 19.4 Å². The third-order valence-corrected chi connectivity index (χ3v) is 4.44. The van der Waals surface area contributed by atoms with Gasteiger partial charge in [-0.15, -0.1) is 0 Å². The highest BCUT2D eigenvalue weighted by atomic mass is 35.5. The minimum atomic E-state index is 0.615. The maximum atomic E-state index is 6.23. The molecule has 116 valence electrons. The summed E-state index contributed by atoms with van der Waals surface area (Å²) in [5, 5.41) is 5.09. The van der Waals surface area contributed by atoms with Crippen LogP contribution in [-0.4, -0.2) is 47.6 Å². The van der Waals surface area contributed by atoms with Crippen molar-refractivity contribution in [2.75, 3.05) is 32.7 Å². The maximum absolute atomic E-state index is 6.23. The van der Waals surface area contributed by atoms with Crippen LogP contribution in [0.4, 0.5) is 0 Å². The third kappa shape index (κ3) is 5.13. The molecule has 0 aliphatic carbocycles. The summed E-state index contributed by atoms with van der Waals surface area (Å²) in [6.07, 6.45) is 0. The van der Waals surface area contributed by atoms with Gasteiger partial charge in [-0.25, -0.2) is 0 Å². The Morgan fingerprint density at radius 3 is 2.52 bits per heavy atom. The zero-order valence-electron chi connectivity index (χ0n) is 12.8. The van der Waals surface area contributed by atoms with Crippen LogP contribution in [0, 0.1) is 5.92 Å². The number of nitrogens with one attached hydrogen (secondary N) is 1. The van der Waals surface area contributed by atoms with Crippen molar-refractivity contribution in [3.63, 3.8) is 0 Å². The lowest BCUT2D eigenvalue weighted by Gasteiger charge is -2.36. The lowest BCUT2D eigenvalue weighted by atomic mass is 10.2. The van der Waals surface area contributed by atoms with Gasteiger partial charge in [0, 0.05) is 44.3 Å². The fraction of sp³-hybridized carbons (Fsp3) is 0.562. The van der Waals surface area contributed by atoms with Crippen LogP contribution < -0.4 is 5.32 Å². The van der Waals surface area contributed by atoms with E-state index < -0.39 is 0 Å². The molecule has 5 heteroatoms. The van der Waals surface area contributed by atoms with E-state index in [1.807, 2.05) is 18.2 Å². The topological polar surface area (TPSA) is 18.5 Å². The van der Waals surface area contributed by atoms with Crippen molar-refractivity contribution in [3.05, 3.63) is 34.9 Å². The molecule has 0 amide bonds. The summed E-state index contributed by atoms with van der Waals surface area (Å²) in [5.74, 6) is 0.615. The fourth-order valence-corrected chi connectivity index (χ4v) is 2.84. The summed E-state index contributed by atoms with van der Waals surface area (Å²) in [7, 11) is 0. The summed E-state index contributed by atoms with van der Waals surface area (Å²) < 4.78 is 0. The Kier molecular flexibility index (Phi) is 6.27. The minimum absolute atomic E-state index is 0.615. The predicted octanol–water partition coefficient (Wildman–Crippen LogP) is 2.99. The first-order valence-corrected chi connectivity index (χ1v) is 8.33. The Labute approximate surface area is 138 Å². The van der Waals surface area contributed by atoms with Gasteiger partial charge in [-0.3, -0.25) is 4.90 Å². The highest BCUT2D eigenvalue weighted by Gasteiger charge is 2.19. The van der Waals surface area contributed by atoms with Gasteiger partial charge in [-0.2, -0.15) is 0 Å². The van der Waals surface area contributed by atoms with Gasteiger partial charge in [0.2, 0.25) is 0 Å². The Balaban J connectivity index is 1.78. The van der Waals surface area contributed by atoms with Crippen molar-refractivity contribution in [1.82, 2.24) is 15.1 Å². The van der Waals surface area contributed by atoms with Crippen LogP contribution in [0.25, 0.3) is 0 Å². The first kappa shape index (κ1) is 16.5. The normalized spacial score (nSPS) is 16.3. The molecule has 1 N–H and O–H groups in total. The molecular weight excluding hydrogens is 302 g/mol. The van der Waals surface area contributed by atoms with Crippen LogP contribution in [0.15, 0.2) is 24.3 Å². The molecule has 0 spiro atoms. The maximum Gasteiger partial charge on any atom is 0.169 e. The monoisotopic (exact) mass is 325 g/mol. The molecule has 1 fully saturated rings. The molecule has 2 rings (SSSR count). The molecule has 0 atom stereocenters. The third-order valence-electron chi connectivity index (χ3n) is 3.67. The largest absolute Gasteiger partial charge is 0.362 e. The fourth-order valence-electron chi connectivity index (χ4n) is 2.38. The van der Waals surface area contributed by atoms with Gasteiger partial charge >= 0.3 is 0 Å². The predicted molar refractivity (Wildman–Crippen MR) is 93.7 cm³/mol. The smallest absolute Gasteiger partial charge is 0.169 e. The van der Waals surface area contributed by atoms with Crippen molar-refractivity contribution in [3.8, 4) is 0 Å². The number of hydrogen-bond donors (Lipinski definition) is 1. The van der Waals surface area contributed by atoms with E-state index in [0.29, 0.717) is 5.92 Å². The molecule has 0 unspecified atom stereocenters. The van der Waals surface area contributed by atoms with E-state index in [9.17, 15) is 0 Å². The van der Waals surface area contributed by atoms with Gasteiger partial charge in [0.25, 0.3) is 0 Å². The van der Waals surface area contributed by atoms with E-state index in [-0.39, 0.29) is 0 Å². The SMILES string of the molecule is CC(C)CNC(=S)N1CCN(Cc2ccccc2Cl)CC1. The molecule has 1 aliphatic heterocycles. The van der Waals surface area contributed by atoms with E-state index in [2.05, 4.69) is 35.0 Å². The molecule has 1 aliphatic rings. The summed E-state index contributed by atoms with van der Waals surface area (Å²) in [4.78, 5) is 4.70. The second-order valence-corrected chi connectivity index (χ2v) is 6.73. The quantitative estimate of drug-likeness (QED) is 0.857. The molecule has 0 saturated carbocycles. The van der Waals surface area contributed by atoms with Crippen molar-refractivity contribution < 1.29 is 0 Å². The highest BCUT2D eigenvalue weighted by Crippen LogP contribution is 2.17. The van der Waals surface area contributed by atoms with Gasteiger partial charge in [-0.05, 0) is 29.8 Å². The Bertz CT molecular complexity index is 470. The minimum Gasteiger partial charge on any atom is -0.362 e. The van der Waals surface area contributed by atoms with E-state index >= 15 is 0 Å². The number of halogens is 1. The van der Waals surface area contributed by atoms with E-state index in [1.54, 1.807) is 0 Å². The van der Waals surface area contributed by atoms with E-state index in [0.717, 1.165) is 49.4 Å². The molecule has 0 radical (unpaired) electrons. The first-order valence-electron chi connectivity index (χ1n) is 7.55. The lowest BCUT2D eigenvalue weighted by molar-refractivity contribution is 0.174. The van der Waals surface area contributed by atoms with Gasteiger partial charge in [0.05, 0.1) is 0 Å². The lowest BCUT2D eigenvalue weighted by Crippen LogP contribution is -2.51. The van der Waals surface area contributed by atoms with Crippen molar-refractivity contribution in [2.24, 2.45) is 5.92 Å². The van der Waals surface area contributed by atoms with Crippen molar-refractivity contribution in [1.29, 1.82) is 0 Å². The number of thiocarbonyl (C=S) groups is 1. The second-order valence-electron chi connectivity index (χ2n) is 5.93.